The molecule has 3 atom stereocenters. The number of hydrogen-bond donors (Lipinski definition) is 1. The molecule has 8 rings (SSSR count). The molecule has 0 aliphatic carbocycles. The largest absolute Gasteiger partial charge is 0.544 e. The van der Waals surface area contributed by atoms with Gasteiger partial charge in [0.25, 0.3) is 0 Å². The summed E-state index contributed by atoms with van der Waals surface area (Å²) in [6.45, 7) is 1.28. The van der Waals surface area contributed by atoms with E-state index < -0.39 is 5.97 Å². The van der Waals surface area contributed by atoms with Gasteiger partial charge in [0.15, 0.2) is 34.5 Å². The van der Waals surface area contributed by atoms with Crippen LogP contribution in [-0.2, 0) is 30.5 Å². The van der Waals surface area contributed by atoms with Crippen molar-refractivity contribution < 1.29 is 43.2 Å². The fraction of sp³-hybridized carbons (Fsp3) is 0.359. The van der Waals surface area contributed by atoms with E-state index in [-0.39, 0.29) is 62.8 Å². The van der Waals surface area contributed by atoms with Gasteiger partial charge in [0, 0.05) is 36.6 Å². The normalized spacial score (nSPS) is 20.5. The van der Waals surface area contributed by atoms with Crippen LogP contribution >= 0.6 is 34.0 Å². The molecule has 6 bridgehead atoms. The number of benzene rings is 4. The fourth-order valence-corrected chi connectivity index (χ4v) is 7.82. The zero-order valence-electron chi connectivity index (χ0n) is 29.4. The van der Waals surface area contributed by atoms with Gasteiger partial charge >= 0.3 is 0 Å². The van der Waals surface area contributed by atoms with Gasteiger partial charge in [0.1, 0.15) is 18.3 Å². The van der Waals surface area contributed by atoms with E-state index in [0.717, 1.165) is 46.3 Å². The SMILES string of the molecule is Br.Br.COc1ccc2cc1Oc1ccc(cc1)CC1c3cc(c(OC)cc3CC[N+]1(C)CC(=O)[O-])Oc1c(O)c(OC)cc3c1C(C2)N(C)CC3. The van der Waals surface area contributed by atoms with Crippen molar-refractivity contribution in [2.24, 2.45) is 0 Å². The zero-order chi connectivity index (χ0) is 34.4. The Hall–Kier alpha value is -3.97. The van der Waals surface area contributed by atoms with Crippen LogP contribution in [0.1, 0.15) is 45.5 Å². The van der Waals surface area contributed by atoms with E-state index in [9.17, 15) is 15.0 Å². The molecule has 4 heterocycles. The number of quaternary nitrogens is 1. The average molecular weight is 829 g/mol. The Morgan fingerprint density at radius 3 is 2.22 bits per heavy atom. The molecule has 51 heavy (non-hydrogen) atoms. The van der Waals surface area contributed by atoms with Crippen LogP contribution in [-0.4, -0.2) is 75.5 Å². The molecule has 0 fully saturated rings. The first-order valence-electron chi connectivity index (χ1n) is 16.6. The number of carbonyl (C=O) groups is 1. The van der Waals surface area contributed by atoms with Crippen LogP contribution in [0.4, 0.5) is 0 Å². The van der Waals surface area contributed by atoms with Gasteiger partial charge < -0.3 is 43.2 Å². The van der Waals surface area contributed by atoms with Gasteiger partial charge in [-0.1, -0.05) is 18.2 Å². The van der Waals surface area contributed by atoms with Crippen LogP contribution in [0.15, 0.2) is 60.7 Å². The maximum atomic E-state index is 12.1. The maximum Gasteiger partial charge on any atom is 0.201 e. The molecule has 4 aromatic rings. The van der Waals surface area contributed by atoms with Crippen LogP contribution in [0.25, 0.3) is 0 Å². The topological polar surface area (TPSA) is 110 Å². The number of nitrogens with zero attached hydrogens (tertiary/aromatic N) is 2. The first-order chi connectivity index (χ1) is 23.6. The lowest BCUT2D eigenvalue weighted by Crippen LogP contribution is -2.56. The van der Waals surface area contributed by atoms with Crippen LogP contribution < -0.4 is 28.8 Å². The lowest BCUT2D eigenvalue weighted by Gasteiger charge is -2.46. The lowest BCUT2D eigenvalue weighted by atomic mass is 9.86. The van der Waals surface area contributed by atoms with E-state index >= 15 is 0 Å². The Morgan fingerprint density at radius 1 is 0.863 bits per heavy atom. The average Bonchev–Trinajstić information content (AvgIpc) is 3.08. The van der Waals surface area contributed by atoms with E-state index in [1.807, 2.05) is 67.7 Å². The molecule has 3 unspecified atom stereocenters. The van der Waals surface area contributed by atoms with E-state index in [1.54, 1.807) is 14.2 Å². The number of rotatable bonds is 5. The van der Waals surface area contributed by atoms with Gasteiger partial charge in [-0.05, 0) is 84.6 Å². The highest BCUT2D eigenvalue weighted by Crippen LogP contribution is 2.52. The van der Waals surface area contributed by atoms with Crippen molar-refractivity contribution in [2.45, 2.75) is 37.8 Å². The minimum Gasteiger partial charge on any atom is -0.544 e. The number of carbonyl (C=O) groups excluding carboxylic acids is 1. The molecule has 4 aliphatic rings. The van der Waals surface area contributed by atoms with Gasteiger partial charge in [-0.2, -0.15) is 0 Å². The van der Waals surface area contributed by atoms with Gasteiger partial charge in [0.05, 0.1) is 40.9 Å². The minimum atomic E-state index is -1.10. The zero-order valence-corrected chi connectivity index (χ0v) is 32.8. The maximum absolute atomic E-state index is 12.1. The monoisotopic (exact) mass is 826 g/mol. The predicted octanol–water partition coefficient (Wildman–Crippen LogP) is 6.28. The van der Waals surface area contributed by atoms with E-state index in [2.05, 4.69) is 11.9 Å². The molecule has 4 aliphatic heterocycles. The first kappa shape index (κ1) is 38.3. The summed E-state index contributed by atoms with van der Waals surface area (Å²) < 4.78 is 30.7. The summed E-state index contributed by atoms with van der Waals surface area (Å²) >= 11 is 0. The quantitative estimate of drug-likeness (QED) is 0.233. The van der Waals surface area contributed by atoms with E-state index in [0.29, 0.717) is 66.1 Å². The summed E-state index contributed by atoms with van der Waals surface area (Å²) in [6, 6.07) is 19.3. The van der Waals surface area contributed by atoms with Crippen molar-refractivity contribution in [3.63, 3.8) is 0 Å². The standard InChI is InChI=1S/C39H42N2O8.2BrH/c1-40-14-12-26-20-35(47-5)38(44)39-37(26)29(40)16-24-8-11-31(45-3)33(18-24)48-27-9-6-23(7-10-27)17-30-28-21-34(49-39)32(46-4)19-25(28)13-15-41(30,2)22-36(42)43;;/h6-11,18-21,29-30H,12-17,22H2,1-5H3,(H-,42,43,44);2*1H. The van der Waals surface area contributed by atoms with Gasteiger partial charge in [0.2, 0.25) is 5.75 Å². The molecule has 0 aromatic heterocycles. The lowest BCUT2D eigenvalue weighted by molar-refractivity contribution is -0.936. The second-order valence-electron chi connectivity index (χ2n) is 13.5. The molecule has 12 heteroatoms. The summed E-state index contributed by atoms with van der Waals surface area (Å²) in [5.74, 6) is 2.28. The number of fused-ring (bicyclic) bond motifs is 2. The third-order valence-corrected chi connectivity index (χ3v) is 10.5. The molecule has 0 saturated heterocycles. The Bertz CT molecular complexity index is 1920. The van der Waals surface area contributed by atoms with Crippen molar-refractivity contribution >= 4 is 39.9 Å². The van der Waals surface area contributed by atoms with Gasteiger partial charge in [-0.3, -0.25) is 4.90 Å². The Labute approximate surface area is 319 Å². The number of carboxylic acids is 1. The molecular weight excluding hydrogens is 784 g/mol. The van der Waals surface area contributed by atoms with Crippen LogP contribution in [0.3, 0.4) is 0 Å². The van der Waals surface area contributed by atoms with Crippen LogP contribution in [0.5, 0.6) is 46.0 Å². The van der Waals surface area contributed by atoms with E-state index in [4.69, 9.17) is 23.7 Å². The van der Waals surface area contributed by atoms with E-state index in [1.165, 1.54) is 7.11 Å². The van der Waals surface area contributed by atoms with Crippen molar-refractivity contribution in [1.29, 1.82) is 0 Å². The smallest absolute Gasteiger partial charge is 0.201 e. The number of ether oxygens (including phenoxy) is 5. The third-order valence-electron chi connectivity index (χ3n) is 10.5. The van der Waals surface area contributed by atoms with Crippen LogP contribution in [0, 0.1) is 0 Å². The second kappa shape index (κ2) is 15.3. The van der Waals surface area contributed by atoms with Crippen molar-refractivity contribution in [3.8, 4) is 46.0 Å². The highest BCUT2D eigenvalue weighted by atomic mass is 79.9. The molecule has 0 amide bonds. The highest BCUT2D eigenvalue weighted by Gasteiger charge is 2.41. The molecule has 272 valence electrons. The molecular formula is C39H44Br2N2O8. The first-order valence-corrected chi connectivity index (χ1v) is 16.6. The van der Waals surface area contributed by atoms with Crippen molar-refractivity contribution in [2.75, 3.05) is 55.1 Å². The number of methoxy groups -OCH3 is 3. The fourth-order valence-electron chi connectivity index (χ4n) is 7.82. The predicted molar refractivity (Wildman–Crippen MR) is 202 cm³/mol. The van der Waals surface area contributed by atoms with Crippen molar-refractivity contribution in [1.82, 2.24) is 4.90 Å². The highest BCUT2D eigenvalue weighted by molar-refractivity contribution is 8.93. The number of likely N-dealkylation sites (N-methyl/N-ethyl adjacent to an activating group) is 2. The summed E-state index contributed by atoms with van der Waals surface area (Å²) in [5, 5.41) is 23.8. The van der Waals surface area contributed by atoms with Gasteiger partial charge in [-0.25, -0.2) is 0 Å². The van der Waals surface area contributed by atoms with Gasteiger partial charge in [-0.15, -0.1) is 34.0 Å². The summed E-state index contributed by atoms with van der Waals surface area (Å²) in [7, 11) is 8.81. The minimum absolute atomic E-state index is 0. The molecule has 10 nitrogen and oxygen atoms in total. The number of phenols is 1. The van der Waals surface area contributed by atoms with Crippen molar-refractivity contribution in [3.05, 3.63) is 94.0 Å². The molecule has 0 spiro atoms. The number of carboxylic acid groups (broad SMARTS) is 1. The Balaban J connectivity index is 0.00000252. The molecule has 0 saturated carbocycles. The summed E-state index contributed by atoms with van der Waals surface area (Å²) in [5.41, 5.74) is 5.99. The molecule has 1 N–H and O–H groups in total. The summed E-state index contributed by atoms with van der Waals surface area (Å²) in [4.78, 5) is 14.4. The number of aromatic hydroxyl groups is 1. The number of phenolic OH excluding ortho intramolecular Hbond substituents is 1. The molecule has 0 radical (unpaired) electrons. The second-order valence-corrected chi connectivity index (χ2v) is 13.5. The number of halogens is 2. The Morgan fingerprint density at radius 2 is 1.53 bits per heavy atom. The van der Waals surface area contributed by atoms with Crippen LogP contribution in [0.2, 0.25) is 0 Å². The number of aliphatic carboxylic acids is 1. The molecule has 4 aromatic carbocycles. The third kappa shape index (κ3) is 7.24. The summed E-state index contributed by atoms with van der Waals surface area (Å²) in [6.07, 6.45) is 2.57. The number of hydrogen-bond acceptors (Lipinski definition) is 9. The Kier molecular flexibility index (Phi) is 11.5.